The summed E-state index contributed by atoms with van der Waals surface area (Å²) in [6.07, 6.45) is -2.43. The second kappa shape index (κ2) is 4.97. The highest BCUT2D eigenvalue weighted by atomic mass is 19.3. The van der Waals surface area contributed by atoms with Gasteiger partial charge in [0.15, 0.2) is 0 Å². The van der Waals surface area contributed by atoms with Gasteiger partial charge < -0.3 is 4.74 Å². The van der Waals surface area contributed by atoms with E-state index >= 15 is 0 Å². The third-order valence-electron chi connectivity index (χ3n) is 0.625. The average Bonchev–Trinajstić information content (AvgIpc) is 1.66. The van der Waals surface area contributed by atoms with Crippen LogP contribution in [-0.2, 0) is 4.74 Å². The summed E-state index contributed by atoms with van der Waals surface area (Å²) < 4.78 is 27.1. The van der Waals surface area contributed by atoms with E-state index in [1.165, 1.54) is 0 Å². The van der Waals surface area contributed by atoms with Crippen LogP contribution in [0.3, 0.4) is 0 Å². The molecule has 0 unspecified atom stereocenters. The number of halogens is 2. The Morgan fingerprint density at radius 2 is 2.12 bits per heavy atom. The van der Waals surface area contributed by atoms with E-state index < -0.39 is 6.43 Å². The first kappa shape index (κ1) is 7.82. The van der Waals surface area contributed by atoms with Gasteiger partial charge in [-0.1, -0.05) is 0 Å². The Balaban J connectivity index is 2.72. The number of hydrogen-bond acceptors (Lipinski definition) is 1. The summed E-state index contributed by atoms with van der Waals surface area (Å²) >= 11 is 0. The molecule has 0 aliphatic carbocycles. The van der Waals surface area contributed by atoms with E-state index in [1.54, 1.807) is 0 Å². The van der Waals surface area contributed by atoms with Crippen molar-refractivity contribution in [2.45, 2.75) is 12.8 Å². The van der Waals surface area contributed by atoms with Crippen LogP contribution < -0.4 is 0 Å². The smallest absolute Gasteiger partial charge is 0.240 e. The minimum atomic E-state index is -2.25. The molecule has 0 atom stereocenters. The first-order valence-electron chi connectivity index (χ1n) is 2.42. The molecule has 0 spiro atoms. The van der Waals surface area contributed by atoms with E-state index in [2.05, 4.69) is 11.7 Å². The zero-order valence-corrected chi connectivity index (χ0v) is 4.57. The maximum absolute atomic E-state index is 11.3. The maximum Gasteiger partial charge on any atom is 0.240 e. The highest BCUT2D eigenvalue weighted by Crippen LogP contribution is 1.97. The number of hydrogen-bond donors (Lipinski definition) is 0. The van der Waals surface area contributed by atoms with Crippen LogP contribution in [0.15, 0.2) is 0 Å². The molecule has 0 aliphatic rings. The zero-order valence-electron chi connectivity index (χ0n) is 4.57. The second-order valence-electron chi connectivity index (χ2n) is 1.29. The fraction of sp³-hybridized carbons (Fsp3) is 0.800. The summed E-state index contributed by atoms with van der Waals surface area (Å²) in [5, 5.41) is 0. The fourth-order valence-corrected chi connectivity index (χ4v) is 0.274. The highest BCUT2D eigenvalue weighted by Gasteiger charge is 1.99. The molecule has 49 valence electrons. The van der Waals surface area contributed by atoms with Crippen molar-refractivity contribution in [3.63, 3.8) is 0 Å². The topological polar surface area (TPSA) is 9.23 Å². The molecular weight excluding hydrogens is 114 g/mol. The summed E-state index contributed by atoms with van der Waals surface area (Å²) in [4.78, 5) is 0. The van der Waals surface area contributed by atoms with Crippen molar-refractivity contribution >= 4 is 0 Å². The van der Waals surface area contributed by atoms with Gasteiger partial charge in [-0.3, -0.25) is 0 Å². The Kier molecular flexibility index (Phi) is 4.85. The van der Waals surface area contributed by atoms with Gasteiger partial charge in [0, 0.05) is 13.0 Å². The largest absolute Gasteiger partial charge is 0.381 e. The molecule has 1 nitrogen and oxygen atoms in total. The summed E-state index contributed by atoms with van der Waals surface area (Å²) in [5.41, 5.74) is 0. The van der Waals surface area contributed by atoms with E-state index in [0.29, 0.717) is 0 Å². The van der Waals surface area contributed by atoms with Gasteiger partial charge in [0.2, 0.25) is 6.43 Å². The van der Waals surface area contributed by atoms with E-state index in [9.17, 15) is 8.78 Å². The maximum atomic E-state index is 11.3. The highest BCUT2D eigenvalue weighted by molar-refractivity contribution is 4.38. The molecule has 0 aliphatic heterocycles. The third-order valence-corrected chi connectivity index (χ3v) is 0.625. The quantitative estimate of drug-likeness (QED) is 0.514. The number of rotatable bonds is 4. The molecule has 0 bridgehead atoms. The third kappa shape index (κ3) is 5.82. The van der Waals surface area contributed by atoms with E-state index in [4.69, 9.17) is 0 Å². The Morgan fingerprint density at radius 1 is 1.50 bits per heavy atom. The normalized spacial score (nSPS) is 10.5. The zero-order chi connectivity index (χ0) is 6.41. The van der Waals surface area contributed by atoms with Gasteiger partial charge in [0.05, 0.1) is 6.61 Å². The van der Waals surface area contributed by atoms with Gasteiger partial charge in [-0.15, -0.1) is 0 Å². The Morgan fingerprint density at radius 3 is 2.50 bits per heavy atom. The molecule has 3 heteroatoms. The lowest BCUT2D eigenvalue weighted by atomic mass is 10.5. The van der Waals surface area contributed by atoms with Gasteiger partial charge >= 0.3 is 0 Å². The van der Waals surface area contributed by atoms with Crippen molar-refractivity contribution in [2.24, 2.45) is 0 Å². The van der Waals surface area contributed by atoms with Crippen LogP contribution >= 0.6 is 0 Å². The van der Waals surface area contributed by atoms with Crippen molar-refractivity contribution < 1.29 is 13.5 Å². The van der Waals surface area contributed by atoms with Crippen LogP contribution in [-0.4, -0.2) is 19.6 Å². The lowest BCUT2D eigenvalue weighted by Crippen LogP contribution is -1.99. The van der Waals surface area contributed by atoms with Crippen molar-refractivity contribution in [3.8, 4) is 0 Å². The van der Waals surface area contributed by atoms with Gasteiger partial charge in [0.1, 0.15) is 0 Å². The Bertz CT molecular complexity index is 47.7. The fourth-order valence-electron chi connectivity index (χ4n) is 0.274. The molecule has 0 aromatic rings. The SMILES string of the molecule is [CH2]COCCC(F)F. The van der Waals surface area contributed by atoms with Crippen LogP contribution in [0.2, 0.25) is 0 Å². The van der Waals surface area contributed by atoms with Gasteiger partial charge in [-0.05, 0) is 6.92 Å². The summed E-state index contributed by atoms with van der Waals surface area (Å²) in [6.45, 7) is 3.70. The predicted octanol–water partition coefficient (Wildman–Crippen LogP) is 1.49. The molecule has 0 aromatic heterocycles. The minimum absolute atomic E-state index is 0.112. The first-order chi connectivity index (χ1) is 3.77. The monoisotopic (exact) mass is 123 g/mol. The molecule has 8 heavy (non-hydrogen) atoms. The average molecular weight is 123 g/mol. The van der Waals surface area contributed by atoms with Crippen LogP contribution in [0.25, 0.3) is 0 Å². The molecule has 0 saturated carbocycles. The Labute approximate surface area is 47.6 Å². The second-order valence-corrected chi connectivity index (χ2v) is 1.29. The van der Waals surface area contributed by atoms with Crippen molar-refractivity contribution in [1.29, 1.82) is 0 Å². The molecular formula is C5H9F2O. The standard InChI is InChI=1S/C5H9F2O/c1-2-8-4-3-5(6)7/h5H,1-4H2. The van der Waals surface area contributed by atoms with Gasteiger partial charge in [-0.25, -0.2) is 8.78 Å². The minimum Gasteiger partial charge on any atom is -0.381 e. The summed E-state index contributed by atoms with van der Waals surface area (Å²) in [6, 6.07) is 0. The lowest BCUT2D eigenvalue weighted by Gasteiger charge is -1.97. The molecule has 0 N–H and O–H groups in total. The van der Waals surface area contributed by atoms with E-state index in [1.807, 2.05) is 0 Å². The molecule has 0 fully saturated rings. The van der Waals surface area contributed by atoms with Crippen LogP contribution in [0.5, 0.6) is 0 Å². The van der Waals surface area contributed by atoms with E-state index in [0.717, 1.165) is 0 Å². The number of ether oxygens (including phenoxy) is 1. The predicted molar refractivity (Wildman–Crippen MR) is 26.8 cm³/mol. The molecule has 1 radical (unpaired) electrons. The molecule has 0 amide bonds. The van der Waals surface area contributed by atoms with E-state index in [-0.39, 0.29) is 19.6 Å². The first-order valence-corrected chi connectivity index (χ1v) is 2.42. The summed E-state index contributed by atoms with van der Waals surface area (Å²) in [7, 11) is 0. The lowest BCUT2D eigenvalue weighted by molar-refractivity contribution is 0.0773. The number of alkyl halides is 2. The molecule has 0 saturated heterocycles. The van der Waals surface area contributed by atoms with Crippen molar-refractivity contribution in [2.75, 3.05) is 13.2 Å². The summed E-state index contributed by atoms with van der Waals surface area (Å²) in [5.74, 6) is 0. The van der Waals surface area contributed by atoms with Crippen LogP contribution in [0.4, 0.5) is 8.78 Å². The van der Waals surface area contributed by atoms with Gasteiger partial charge in [0.25, 0.3) is 0 Å². The van der Waals surface area contributed by atoms with Gasteiger partial charge in [-0.2, -0.15) is 0 Å². The molecule has 0 rings (SSSR count). The van der Waals surface area contributed by atoms with Crippen molar-refractivity contribution in [3.05, 3.63) is 6.92 Å². The molecule has 0 heterocycles. The molecule has 0 aromatic carbocycles. The van der Waals surface area contributed by atoms with Crippen LogP contribution in [0, 0.1) is 6.92 Å². The van der Waals surface area contributed by atoms with Crippen LogP contribution in [0.1, 0.15) is 6.42 Å². The van der Waals surface area contributed by atoms with Crippen molar-refractivity contribution in [1.82, 2.24) is 0 Å². The Hall–Kier alpha value is -0.180.